The summed E-state index contributed by atoms with van der Waals surface area (Å²) in [7, 11) is 1.62. The van der Waals surface area contributed by atoms with Crippen molar-refractivity contribution in [1.82, 2.24) is 20.3 Å². The van der Waals surface area contributed by atoms with E-state index in [4.69, 9.17) is 9.26 Å². The molecular formula is C16H17N5O2. The van der Waals surface area contributed by atoms with E-state index in [1.807, 2.05) is 30.3 Å². The normalized spacial score (nSPS) is 10.5. The van der Waals surface area contributed by atoms with Crippen molar-refractivity contribution in [1.29, 1.82) is 0 Å². The highest BCUT2D eigenvalue weighted by Crippen LogP contribution is 2.22. The number of aromatic nitrogens is 4. The molecular weight excluding hydrogens is 294 g/mol. The third-order valence-corrected chi connectivity index (χ3v) is 3.21. The molecule has 2 aromatic heterocycles. The minimum atomic E-state index is 0.338. The largest absolute Gasteiger partial charge is 0.497 e. The zero-order chi connectivity index (χ0) is 16.1. The number of methoxy groups -OCH3 is 1. The van der Waals surface area contributed by atoms with Crippen molar-refractivity contribution in [2.24, 2.45) is 0 Å². The Balaban J connectivity index is 1.78. The van der Waals surface area contributed by atoms with Gasteiger partial charge in [0, 0.05) is 12.1 Å². The van der Waals surface area contributed by atoms with Gasteiger partial charge in [0.15, 0.2) is 5.69 Å². The smallest absolute Gasteiger partial charge is 0.278 e. The Hall–Kier alpha value is -2.96. The van der Waals surface area contributed by atoms with Crippen molar-refractivity contribution in [3.8, 4) is 28.7 Å². The number of benzene rings is 1. The van der Waals surface area contributed by atoms with E-state index in [9.17, 15) is 0 Å². The van der Waals surface area contributed by atoms with Crippen LogP contribution in [0.15, 0.2) is 40.9 Å². The maximum atomic E-state index is 5.27. The number of anilines is 1. The van der Waals surface area contributed by atoms with Crippen LogP contribution in [0.4, 0.5) is 5.82 Å². The number of ether oxygens (including phenoxy) is 1. The molecule has 118 valence electrons. The van der Waals surface area contributed by atoms with Gasteiger partial charge < -0.3 is 14.6 Å². The van der Waals surface area contributed by atoms with Crippen molar-refractivity contribution >= 4 is 5.82 Å². The highest BCUT2D eigenvalue weighted by Gasteiger charge is 2.12. The Labute approximate surface area is 133 Å². The molecule has 0 radical (unpaired) electrons. The lowest BCUT2D eigenvalue weighted by Crippen LogP contribution is -2.02. The third-order valence-electron chi connectivity index (χ3n) is 3.21. The van der Waals surface area contributed by atoms with Crippen LogP contribution in [0, 0.1) is 0 Å². The number of hydrogen-bond acceptors (Lipinski definition) is 7. The average molecular weight is 311 g/mol. The summed E-state index contributed by atoms with van der Waals surface area (Å²) in [6.45, 7) is 2.95. The summed E-state index contributed by atoms with van der Waals surface area (Å²) in [6.07, 6.45) is 1.03. The lowest BCUT2D eigenvalue weighted by Gasteiger charge is -2.01. The molecule has 0 aliphatic carbocycles. The highest BCUT2D eigenvalue weighted by molar-refractivity contribution is 5.59. The maximum Gasteiger partial charge on any atom is 0.278 e. The summed E-state index contributed by atoms with van der Waals surface area (Å²) >= 11 is 0. The van der Waals surface area contributed by atoms with E-state index in [0.29, 0.717) is 17.4 Å². The average Bonchev–Trinajstić information content (AvgIpc) is 3.10. The minimum Gasteiger partial charge on any atom is -0.497 e. The SMILES string of the molecule is CCCNc1ccc(-c2nc(-c3ccc(OC)cc3)no2)nn1. The van der Waals surface area contributed by atoms with Crippen molar-refractivity contribution in [2.75, 3.05) is 19.0 Å². The van der Waals surface area contributed by atoms with E-state index in [-0.39, 0.29) is 0 Å². The molecule has 0 saturated heterocycles. The van der Waals surface area contributed by atoms with Crippen LogP contribution in [0.25, 0.3) is 23.0 Å². The van der Waals surface area contributed by atoms with Gasteiger partial charge in [-0.05, 0) is 42.8 Å². The van der Waals surface area contributed by atoms with Gasteiger partial charge in [0.25, 0.3) is 5.89 Å². The standard InChI is InChI=1S/C16H17N5O2/c1-3-10-17-14-9-8-13(19-20-14)16-18-15(21-23-16)11-4-6-12(22-2)7-5-11/h4-9H,3,10H2,1-2H3,(H,17,20). The Bertz CT molecular complexity index is 753. The molecule has 0 atom stereocenters. The van der Waals surface area contributed by atoms with Gasteiger partial charge in [0.1, 0.15) is 11.6 Å². The van der Waals surface area contributed by atoms with Gasteiger partial charge in [-0.15, -0.1) is 10.2 Å². The van der Waals surface area contributed by atoms with Crippen molar-refractivity contribution in [3.05, 3.63) is 36.4 Å². The van der Waals surface area contributed by atoms with E-state index >= 15 is 0 Å². The molecule has 0 saturated carbocycles. The van der Waals surface area contributed by atoms with Gasteiger partial charge in [-0.25, -0.2) is 0 Å². The van der Waals surface area contributed by atoms with Gasteiger partial charge in [-0.3, -0.25) is 0 Å². The second-order valence-electron chi connectivity index (χ2n) is 4.88. The summed E-state index contributed by atoms with van der Waals surface area (Å²) in [5.74, 6) is 2.34. The fourth-order valence-corrected chi connectivity index (χ4v) is 1.98. The fraction of sp³-hybridized carbons (Fsp3) is 0.250. The molecule has 0 fully saturated rings. The second kappa shape index (κ2) is 6.87. The Morgan fingerprint density at radius 2 is 1.91 bits per heavy atom. The first kappa shape index (κ1) is 15.0. The number of hydrogen-bond donors (Lipinski definition) is 1. The summed E-state index contributed by atoms with van der Waals surface area (Å²) in [6, 6.07) is 11.1. The predicted molar refractivity (Wildman–Crippen MR) is 86.1 cm³/mol. The zero-order valence-corrected chi connectivity index (χ0v) is 13.0. The van der Waals surface area contributed by atoms with Crippen molar-refractivity contribution in [3.63, 3.8) is 0 Å². The van der Waals surface area contributed by atoms with E-state index in [2.05, 4.69) is 32.6 Å². The molecule has 0 unspecified atom stereocenters. The van der Waals surface area contributed by atoms with Crippen LogP contribution in [-0.4, -0.2) is 34.0 Å². The lowest BCUT2D eigenvalue weighted by atomic mass is 10.2. The Kier molecular flexibility index (Phi) is 4.46. The first-order valence-corrected chi connectivity index (χ1v) is 7.36. The quantitative estimate of drug-likeness (QED) is 0.748. The van der Waals surface area contributed by atoms with E-state index in [1.165, 1.54) is 0 Å². The van der Waals surface area contributed by atoms with Gasteiger partial charge >= 0.3 is 0 Å². The van der Waals surface area contributed by atoms with E-state index in [1.54, 1.807) is 13.2 Å². The maximum absolute atomic E-state index is 5.27. The van der Waals surface area contributed by atoms with E-state index < -0.39 is 0 Å². The molecule has 7 heteroatoms. The molecule has 0 aliphatic heterocycles. The minimum absolute atomic E-state index is 0.338. The second-order valence-corrected chi connectivity index (χ2v) is 4.88. The van der Waals surface area contributed by atoms with Crippen LogP contribution in [0.2, 0.25) is 0 Å². The van der Waals surface area contributed by atoms with Gasteiger partial charge in [0.2, 0.25) is 5.82 Å². The fourth-order valence-electron chi connectivity index (χ4n) is 1.98. The molecule has 3 aromatic rings. The Morgan fingerprint density at radius 1 is 1.09 bits per heavy atom. The Morgan fingerprint density at radius 3 is 2.57 bits per heavy atom. The zero-order valence-electron chi connectivity index (χ0n) is 13.0. The van der Waals surface area contributed by atoms with Crippen LogP contribution >= 0.6 is 0 Å². The molecule has 7 nitrogen and oxygen atoms in total. The molecule has 2 heterocycles. The van der Waals surface area contributed by atoms with Crippen LogP contribution in [0.3, 0.4) is 0 Å². The monoisotopic (exact) mass is 311 g/mol. The highest BCUT2D eigenvalue weighted by atomic mass is 16.5. The van der Waals surface area contributed by atoms with Crippen molar-refractivity contribution < 1.29 is 9.26 Å². The number of nitrogens with one attached hydrogen (secondary N) is 1. The van der Waals surface area contributed by atoms with Crippen LogP contribution < -0.4 is 10.1 Å². The molecule has 3 rings (SSSR count). The first-order chi connectivity index (χ1) is 11.3. The molecule has 0 amide bonds. The number of rotatable bonds is 6. The number of nitrogens with zero attached hydrogens (tertiary/aromatic N) is 4. The summed E-state index contributed by atoms with van der Waals surface area (Å²) in [5, 5.41) is 15.3. The molecule has 0 spiro atoms. The van der Waals surface area contributed by atoms with Crippen LogP contribution in [0.1, 0.15) is 13.3 Å². The summed E-state index contributed by atoms with van der Waals surface area (Å²) in [5.41, 5.74) is 1.38. The third kappa shape index (κ3) is 3.45. The molecule has 1 N–H and O–H groups in total. The lowest BCUT2D eigenvalue weighted by molar-refractivity contribution is 0.414. The van der Waals surface area contributed by atoms with Crippen LogP contribution in [0.5, 0.6) is 5.75 Å². The molecule has 1 aromatic carbocycles. The molecule has 0 bridgehead atoms. The molecule has 23 heavy (non-hydrogen) atoms. The molecule has 0 aliphatic rings. The summed E-state index contributed by atoms with van der Waals surface area (Å²) < 4.78 is 10.4. The van der Waals surface area contributed by atoms with Gasteiger partial charge in [-0.1, -0.05) is 12.1 Å². The van der Waals surface area contributed by atoms with Gasteiger partial charge in [0.05, 0.1) is 7.11 Å². The summed E-state index contributed by atoms with van der Waals surface area (Å²) in [4.78, 5) is 4.36. The first-order valence-electron chi connectivity index (χ1n) is 7.36. The predicted octanol–water partition coefficient (Wildman–Crippen LogP) is 3.02. The van der Waals surface area contributed by atoms with E-state index in [0.717, 1.165) is 30.1 Å². The van der Waals surface area contributed by atoms with Crippen LogP contribution in [-0.2, 0) is 0 Å². The van der Waals surface area contributed by atoms with Gasteiger partial charge in [-0.2, -0.15) is 4.98 Å². The topological polar surface area (TPSA) is 86.0 Å². The van der Waals surface area contributed by atoms with Crippen molar-refractivity contribution in [2.45, 2.75) is 13.3 Å².